The first kappa shape index (κ1) is 35.0. The molecule has 4 aromatic carbocycles. The first-order valence-electron chi connectivity index (χ1n) is 15.9. The molecule has 0 bridgehead atoms. The maximum absolute atomic E-state index is 14.0. The second-order valence-electron chi connectivity index (χ2n) is 11.8. The van der Waals surface area contributed by atoms with Crippen LogP contribution in [0.2, 0.25) is 0 Å². The molecule has 5 aromatic rings. The van der Waals surface area contributed by atoms with Crippen molar-refractivity contribution < 1.29 is 19.4 Å². The molecular formula is C39H39N5O4S. The van der Waals surface area contributed by atoms with E-state index in [4.69, 9.17) is 4.74 Å². The van der Waals surface area contributed by atoms with Crippen molar-refractivity contribution in [1.82, 2.24) is 20.5 Å². The number of thiazole rings is 1. The second kappa shape index (κ2) is 16.7. The summed E-state index contributed by atoms with van der Waals surface area (Å²) in [6.45, 7) is 2.93. The highest BCUT2D eigenvalue weighted by atomic mass is 32.1. The minimum absolute atomic E-state index is 0.218. The maximum Gasteiger partial charge on any atom is 0.254 e. The molecule has 0 fully saturated rings. The second-order valence-corrected chi connectivity index (χ2v) is 12.8. The van der Waals surface area contributed by atoms with E-state index in [0.29, 0.717) is 41.8 Å². The molecule has 1 heterocycles. The SMILES string of the molecule is COc1cccc(CNC[C@@H](O)[C@H](Cc2ccccc2)NC(=O)c2cc(C(=O)N(C)Cc3nc(C)cs3)cc(-c3ccccc3C#N)c2)c1. The van der Waals surface area contributed by atoms with Crippen LogP contribution in [0.3, 0.4) is 0 Å². The quantitative estimate of drug-likeness (QED) is 0.137. The van der Waals surface area contributed by atoms with Crippen LogP contribution in [0.25, 0.3) is 11.1 Å². The van der Waals surface area contributed by atoms with Crippen molar-refractivity contribution in [3.8, 4) is 22.9 Å². The number of aliphatic hydroxyl groups excluding tert-OH is 1. The number of aliphatic hydroxyl groups is 1. The fraction of sp³-hybridized carbons (Fsp3) is 0.231. The number of nitrogens with zero attached hydrogens (tertiary/aromatic N) is 3. The molecule has 0 aliphatic rings. The van der Waals surface area contributed by atoms with Crippen LogP contribution in [0, 0.1) is 18.3 Å². The van der Waals surface area contributed by atoms with Gasteiger partial charge in [-0.1, -0.05) is 60.7 Å². The molecule has 10 heteroatoms. The van der Waals surface area contributed by atoms with E-state index in [1.54, 1.807) is 55.5 Å². The number of methoxy groups -OCH3 is 1. The van der Waals surface area contributed by atoms with Crippen molar-refractivity contribution in [2.75, 3.05) is 20.7 Å². The fourth-order valence-corrected chi connectivity index (χ4v) is 6.36. The van der Waals surface area contributed by atoms with Crippen molar-refractivity contribution in [1.29, 1.82) is 5.26 Å². The largest absolute Gasteiger partial charge is 0.497 e. The molecule has 0 unspecified atom stereocenters. The van der Waals surface area contributed by atoms with Crippen LogP contribution in [-0.4, -0.2) is 59.7 Å². The van der Waals surface area contributed by atoms with Gasteiger partial charge < -0.3 is 25.4 Å². The van der Waals surface area contributed by atoms with Gasteiger partial charge in [0.2, 0.25) is 0 Å². The van der Waals surface area contributed by atoms with Crippen molar-refractivity contribution in [2.24, 2.45) is 0 Å². The van der Waals surface area contributed by atoms with Gasteiger partial charge in [-0.3, -0.25) is 9.59 Å². The zero-order chi connectivity index (χ0) is 34.8. The molecule has 3 N–H and O–H groups in total. The summed E-state index contributed by atoms with van der Waals surface area (Å²) in [6.07, 6.45) is -0.556. The van der Waals surface area contributed by atoms with Gasteiger partial charge in [0, 0.05) is 42.3 Å². The van der Waals surface area contributed by atoms with E-state index in [0.717, 1.165) is 27.6 Å². The molecule has 0 saturated heterocycles. The number of hydrogen-bond acceptors (Lipinski definition) is 8. The number of amides is 2. The fourth-order valence-electron chi connectivity index (χ4n) is 5.53. The minimum atomic E-state index is -0.939. The van der Waals surface area contributed by atoms with Crippen LogP contribution in [-0.2, 0) is 19.5 Å². The van der Waals surface area contributed by atoms with Crippen LogP contribution in [0.5, 0.6) is 5.75 Å². The number of rotatable bonds is 14. The Morgan fingerprint density at radius 1 is 0.980 bits per heavy atom. The molecule has 2 amide bonds. The van der Waals surface area contributed by atoms with Crippen LogP contribution >= 0.6 is 11.3 Å². The van der Waals surface area contributed by atoms with E-state index in [1.807, 2.05) is 73.0 Å². The van der Waals surface area contributed by atoms with Gasteiger partial charge in [0.1, 0.15) is 10.8 Å². The van der Waals surface area contributed by atoms with Gasteiger partial charge in [0.15, 0.2) is 0 Å². The Labute approximate surface area is 290 Å². The number of nitrogens with one attached hydrogen (secondary N) is 2. The number of aromatic nitrogens is 1. The molecule has 0 aliphatic carbocycles. The lowest BCUT2D eigenvalue weighted by Crippen LogP contribution is -2.48. The van der Waals surface area contributed by atoms with Gasteiger partial charge in [-0.15, -0.1) is 11.3 Å². The van der Waals surface area contributed by atoms with E-state index < -0.39 is 18.1 Å². The molecule has 0 saturated carbocycles. The summed E-state index contributed by atoms with van der Waals surface area (Å²) in [7, 11) is 3.31. The smallest absolute Gasteiger partial charge is 0.254 e. The van der Waals surface area contributed by atoms with Crippen molar-refractivity contribution in [3.63, 3.8) is 0 Å². The summed E-state index contributed by atoms with van der Waals surface area (Å²) < 4.78 is 5.32. The molecule has 1 aromatic heterocycles. The standard InChI is InChI=1S/C39H39N5O4S/c1-26-25-49-37(42-26)24-44(2)39(47)32-19-30(34-15-8-7-13-29(34)21-40)18-31(20-32)38(46)43-35(17-27-10-5-4-6-11-27)36(45)23-41-22-28-12-9-14-33(16-28)48-3/h4-16,18-20,25,35-36,41,45H,17,22-24H2,1-3H3,(H,43,46)/t35-,36+/m0/s1. The summed E-state index contributed by atoms with van der Waals surface area (Å²) in [5.41, 5.74) is 4.96. The Morgan fingerprint density at radius 3 is 2.45 bits per heavy atom. The van der Waals surface area contributed by atoms with Gasteiger partial charge >= 0.3 is 0 Å². The molecule has 250 valence electrons. The first-order valence-corrected chi connectivity index (χ1v) is 16.8. The Hall–Kier alpha value is -5.34. The van der Waals surface area contributed by atoms with Gasteiger partial charge in [-0.2, -0.15) is 5.26 Å². The Morgan fingerprint density at radius 2 is 1.71 bits per heavy atom. The van der Waals surface area contributed by atoms with Crippen molar-refractivity contribution in [2.45, 2.75) is 38.6 Å². The van der Waals surface area contributed by atoms with Crippen LogP contribution in [0.4, 0.5) is 0 Å². The summed E-state index contributed by atoms with van der Waals surface area (Å²) in [5, 5.41) is 30.3. The number of ether oxygens (including phenoxy) is 1. The third kappa shape index (κ3) is 9.39. The summed E-state index contributed by atoms with van der Waals surface area (Å²) in [6, 6.07) is 30.9. The van der Waals surface area contributed by atoms with E-state index in [-0.39, 0.29) is 18.0 Å². The number of hydrogen-bond donors (Lipinski definition) is 3. The Kier molecular flexibility index (Phi) is 11.9. The molecule has 0 spiro atoms. The topological polar surface area (TPSA) is 128 Å². The highest BCUT2D eigenvalue weighted by Crippen LogP contribution is 2.27. The zero-order valence-electron chi connectivity index (χ0n) is 27.7. The molecule has 2 atom stereocenters. The van der Waals surface area contributed by atoms with Crippen molar-refractivity contribution >= 4 is 23.2 Å². The highest BCUT2D eigenvalue weighted by molar-refractivity contribution is 7.09. The Balaban J connectivity index is 1.42. The lowest BCUT2D eigenvalue weighted by molar-refractivity contribution is 0.0784. The highest BCUT2D eigenvalue weighted by Gasteiger charge is 2.24. The first-order chi connectivity index (χ1) is 23.7. The van der Waals surface area contributed by atoms with E-state index in [2.05, 4.69) is 21.7 Å². The normalized spacial score (nSPS) is 12.1. The van der Waals surface area contributed by atoms with E-state index >= 15 is 0 Å². The predicted molar refractivity (Wildman–Crippen MR) is 191 cm³/mol. The molecule has 49 heavy (non-hydrogen) atoms. The van der Waals surface area contributed by atoms with Crippen LogP contribution in [0.1, 0.15) is 48.1 Å². The Bertz CT molecular complexity index is 1940. The number of nitriles is 1. The molecule has 0 radical (unpaired) electrons. The van der Waals surface area contributed by atoms with E-state index in [1.165, 1.54) is 11.3 Å². The van der Waals surface area contributed by atoms with Gasteiger partial charge in [-0.05, 0) is 72.0 Å². The van der Waals surface area contributed by atoms with E-state index in [9.17, 15) is 20.0 Å². The summed E-state index contributed by atoms with van der Waals surface area (Å²) in [4.78, 5) is 33.8. The maximum atomic E-state index is 14.0. The molecule has 5 rings (SSSR count). The number of carbonyl (C=O) groups excluding carboxylic acids is 2. The van der Waals surface area contributed by atoms with Crippen molar-refractivity contribution in [3.05, 3.63) is 141 Å². The third-order valence-corrected chi connectivity index (χ3v) is 9.03. The van der Waals surface area contributed by atoms with Gasteiger partial charge in [-0.25, -0.2) is 4.98 Å². The lowest BCUT2D eigenvalue weighted by Gasteiger charge is -2.25. The van der Waals surface area contributed by atoms with Gasteiger partial charge in [0.05, 0.1) is 37.4 Å². The third-order valence-electron chi connectivity index (χ3n) is 8.08. The number of aryl methyl sites for hydroxylation is 1. The monoisotopic (exact) mass is 673 g/mol. The lowest BCUT2D eigenvalue weighted by atomic mass is 9.95. The summed E-state index contributed by atoms with van der Waals surface area (Å²) >= 11 is 1.48. The molecular weight excluding hydrogens is 635 g/mol. The summed E-state index contributed by atoms with van der Waals surface area (Å²) in [5.74, 6) is 0.00754. The zero-order valence-corrected chi connectivity index (χ0v) is 28.5. The molecule has 0 aliphatic heterocycles. The van der Waals surface area contributed by atoms with Gasteiger partial charge in [0.25, 0.3) is 11.8 Å². The number of benzene rings is 4. The average Bonchev–Trinajstić information content (AvgIpc) is 3.54. The molecule has 9 nitrogen and oxygen atoms in total. The predicted octanol–water partition coefficient (Wildman–Crippen LogP) is 5.76. The van der Waals surface area contributed by atoms with Crippen LogP contribution < -0.4 is 15.4 Å². The minimum Gasteiger partial charge on any atom is -0.497 e. The average molecular weight is 674 g/mol. The van der Waals surface area contributed by atoms with Crippen LogP contribution in [0.15, 0.2) is 102 Å². The number of carbonyl (C=O) groups is 2.